The summed E-state index contributed by atoms with van der Waals surface area (Å²) in [5.74, 6) is 0. The Bertz CT molecular complexity index is 130. The van der Waals surface area contributed by atoms with Crippen LogP contribution < -0.4 is 5.32 Å². The van der Waals surface area contributed by atoms with E-state index < -0.39 is 0 Å². The molecule has 0 radical (unpaired) electrons. The predicted molar refractivity (Wildman–Crippen MR) is 65.2 cm³/mol. The van der Waals surface area contributed by atoms with E-state index in [4.69, 9.17) is 4.74 Å². The number of ether oxygens (including phenoxy) is 1. The average Bonchev–Trinajstić information content (AvgIpc) is 2.52. The Labute approximate surface area is 94.8 Å². The standard InChI is InChI=1S/C13H27NO/c1-14-11-7-4-8-12-15-13-9-5-2-3-6-10-13/h13-14H,2-12H2,1H3. The molecule has 1 saturated carbocycles. The van der Waals surface area contributed by atoms with E-state index >= 15 is 0 Å². The lowest BCUT2D eigenvalue weighted by molar-refractivity contribution is 0.0408. The van der Waals surface area contributed by atoms with Crippen molar-refractivity contribution in [3.63, 3.8) is 0 Å². The monoisotopic (exact) mass is 213 g/mol. The molecule has 1 rings (SSSR count). The normalized spacial score (nSPS) is 19.0. The van der Waals surface area contributed by atoms with Crippen molar-refractivity contribution in [2.45, 2.75) is 63.9 Å². The Morgan fingerprint density at radius 2 is 1.73 bits per heavy atom. The van der Waals surface area contributed by atoms with Crippen LogP contribution in [0, 0.1) is 0 Å². The van der Waals surface area contributed by atoms with E-state index in [-0.39, 0.29) is 0 Å². The van der Waals surface area contributed by atoms with Gasteiger partial charge in [-0.2, -0.15) is 0 Å². The molecular weight excluding hydrogens is 186 g/mol. The summed E-state index contributed by atoms with van der Waals surface area (Å²) in [4.78, 5) is 0. The molecule has 0 amide bonds. The van der Waals surface area contributed by atoms with Crippen LogP contribution in [0.15, 0.2) is 0 Å². The number of hydrogen-bond acceptors (Lipinski definition) is 2. The van der Waals surface area contributed by atoms with E-state index in [2.05, 4.69) is 5.32 Å². The zero-order valence-electron chi connectivity index (χ0n) is 10.3. The number of rotatable bonds is 7. The second-order valence-electron chi connectivity index (χ2n) is 4.65. The van der Waals surface area contributed by atoms with Crippen molar-refractivity contribution in [3.05, 3.63) is 0 Å². The molecule has 0 aromatic heterocycles. The number of nitrogens with one attached hydrogen (secondary N) is 1. The molecule has 0 atom stereocenters. The number of hydrogen-bond donors (Lipinski definition) is 1. The highest BCUT2D eigenvalue weighted by molar-refractivity contribution is 4.63. The largest absolute Gasteiger partial charge is 0.378 e. The summed E-state index contributed by atoms with van der Waals surface area (Å²) in [5, 5.41) is 3.18. The molecule has 0 unspecified atom stereocenters. The van der Waals surface area contributed by atoms with Crippen molar-refractivity contribution >= 4 is 0 Å². The fourth-order valence-electron chi connectivity index (χ4n) is 2.24. The van der Waals surface area contributed by atoms with E-state index in [1.165, 1.54) is 57.8 Å². The van der Waals surface area contributed by atoms with E-state index in [1.54, 1.807) is 0 Å². The van der Waals surface area contributed by atoms with Gasteiger partial charge in [-0.05, 0) is 45.7 Å². The maximum atomic E-state index is 5.92. The Balaban J connectivity index is 1.89. The van der Waals surface area contributed by atoms with E-state index in [0.717, 1.165) is 13.2 Å². The average molecular weight is 213 g/mol. The first kappa shape index (κ1) is 13.0. The second-order valence-corrected chi connectivity index (χ2v) is 4.65. The van der Waals surface area contributed by atoms with Crippen LogP contribution in [0.25, 0.3) is 0 Å². The van der Waals surface area contributed by atoms with Gasteiger partial charge in [0.05, 0.1) is 6.10 Å². The molecule has 2 nitrogen and oxygen atoms in total. The Morgan fingerprint density at radius 1 is 1.00 bits per heavy atom. The van der Waals surface area contributed by atoms with E-state index in [9.17, 15) is 0 Å². The minimum absolute atomic E-state index is 0.580. The zero-order chi connectivity index (χ0) is 10.8. The highest BCUT2D eigenvalue weighted by Crippen LogP contribution is 2.19. The smallest absolute Gasteiger partial charge is 0.0575 e. The third-order valence-electron chi connectivity index (χ3n) is 3.23. The van der Waals surface area contributed by atoms with Crippen LogP contribution in [-0.4, -0.2) is 26.3 Å². The summed E-state index contributed by atoms with van der Waals surface area (Å²) in [6.45, 7) is 2.12. The Hall–Kier alpha value is -0.0800. The molecule has 0 aromatic rings. The van der Waals surface area contributed by atoms with Crippen molar-refractivity contribution in [1.82, 2.24) is 5.32 Å². The van der Waals surface area contributed by atoms with Crippen LogP contribution in [-0.2, 0) is 4.74 Å². The van der Waals surface area contributed by atoms with Crippen LogP contribution in [0.2, 0.25) is 0 Å². The van der Waals surface area contributed by atoms with Crippen molar-refractivity contribution in [3.8, 4) is 0 Å². The number of unbranched alkanes of at least 4 members (excludes halogenated alkanes) is 2. The van der Waals surface area contributed by atoms with Gasteiger partial charge in [-0.1, -0.05) is 25.7 Å². The molecule has 0 aromatic carbocycles. The minimum atomic E-state index is 0.580. The molecule has 1 N–H and O–H groups in total. The topological polar surface area (TPSA) is 21.3 Å². The molecule has 0 bridgehead atoms. The summed E-state index contributed by atoms with van der Waals surface area (Å²) >= 11 is 0. The molecular formula is C13H27NO. The molecule has 0 saturated heterocycles. The first-order chi connectivity index (χ1) is 7.43. The summed E-state index contributed by atoms with van der Waals surface area (Å²) in [7, 11) is 2.02. The van der Waals surface area contributed by atoms with Gasteiger partial charge in [0.2, 0.25) is 0 Å². The lowest BCUT2D eigenvalue weighted by Crippen LogP contribution is -2.13. The second kappa shape index (κ2) is 9.17. The van der Waals surface area contributed by atoms with Gasteiger partial charge in [0.15, 0.2) is 0 Å². The van der Waals surface area contributed by atoms with Crippen LogP contribution in [0.4, 0.5) is 0 Å². The summed E-state index contributed by atoms with van der Waals surface area (Å²) in [5.41, 5.74) is 0. The van der Waals surface area contributed by atoms with Crippen molar-refractivity contribution in [2.24, 2.45) is 0 Å². The fraction of sp³-hybridized carbons (Fsp3) is 1.00. The molecule has 0 spiro atoms. The molecule has 1 aliphatic rings. The first-order valence-corrected chi connectivity index (χ1v) is 6.69. The van der Waals surface area contributed by atoms with Crippen molar-refractivity contribution < 1.29 is 4.74 Å². The van der Waals surface area contributed by atoms with Crippen LogP contribution in [0.1, 0.15) is 57.8 Å². The molecule has 0 heterocycles. The van der Waals surface area contributed by atoms with Gasteiger partial charge in [0.1, 0.15) is 0 Å². The van der Waals surface area contributed by atoms with Crippen LogP contribution in [0.5, 0.6) is 0 Å². The predicted octanol–water partition coefficient (Wildman–Crippen LogP) is 3.12. The van der Waals surface area contributed by atoms with Crippen molar-refractivity contribution in [2.75, 3.05) is 20.2 Å². The van der Waals surface area contributed by atoms with Crippen LogP contribution >= 0.6 is 0 Å². The molecule has 1 fully saturated rings. The van der Waals surface area contributed by atoms with Gasteiger partial charge in [-0.3, -0.25) is 0 Å². The quantitative estimate of drug-likeness (QED) is 0.518. The van der Waals surface area contributed by atoms with Gasteiger partial charge in [0.25, 0.3) is 0 Å². The molecule has 0 aliphatic heterocycles. The highest BCUT2D eigenvalue weighted by Gasteiger charge is 2.11. The van der Waals surface area contributed by atoms with E-state index in [1.807, 2.05) is 7.05 Å². The Morgan fingerprint density at radius 3 is 2.40 bits per heavy atom. The first-order valence-electron chi connectivity index (χ1n) is 6.69. The minimum Gasteiger partial charge on any atom is -0.378 e. The maximum Gasteiger partial charge on any atom is 0.0575 e. The van der Waals surface area contributed by atoms with Gasteiger partial charge in [0, 0.05) is 6.61 Å². The highest BCUT2D eigenvalue weighted by atomic mass is 16.5. The van der Waals surface area contributed by atoms with Crippen LogP contribution in [0.3, 0.4) is 0 Å². The van der Waals surface area contributed by atoms with Gasteiger partial charge in [-0.25, -0.2) is 0 Å². The molecule has 15 heavy (non-hydrogen) atoms. The SMILES string of the molecule is CNCCCCCOC1CCCCCC1. The summed E-state index contributed by atoms with van der Waals surface area (Å²) < 4.78 is 5.92. The van der Waals surface area contributed by atoms with Gasteiger partial charge < -0.3 is 10.1 Å². The summed E-state index contributed by atoms with van der Waals surface area (Å²) in [6, 6.07) is 0. The lowest BCUT2D eigenvalue weighted by Gasteiger charge is -2.15. The van der Waals surface area contributed by atoms with Gasteiger partial charge in [-0.15, -0.1) is 0 Å². The summed E-state index contributed by atoms with van der Waals surface area (Å²) in [6.07, 6.45) is 12.6. The molecule has 1 aliphatic carbocycles. The van der Waals surface area contributed by atoms with E-state index in [0.29, 0.717) is 6.10 Å². The third kappa shape index (κ3) is 6.91. The fourth-order valence-corrected chi connectivity index (χ4v) is 2.24. The third-order valence-corrected chi connectivity index (χ3v) is 3.23. The molecule has 90 valence electrons. The van der Waals surface area contributed by atoms with Crippen molar-refractivity contribution in [1.29, 1.82) is 0 Å². The lowest BCUT2D eigenvalue weighted by atomic mass is 10.1. The van der Waals surface area contributed by atoms with Gasteiger partial charge >= 0.3 is 0 Å². The maximum absolute atomic E-state index is 5.92. The zero-order valence-corrected chi connectivity index (χ0v) is 10.3. The Kier molecular flexibility index (Phi) is 7.94. The molecule has 2 heteroatoms.